The molecule has 0 radical (unpaired) electrons. The monoisotopic (exact) mass is 486 g/mol. The molecule has 5 heteroatoms. The number of rotatable bonds is 7. The van der Waals surface area contributed by atoms with Gasteiger partial charge in [0.15, 0.2) is 0 Å². The third kappa shape index (κ3) is 5.51. The molecule has 4 nitrogen and oxygen atoms in total. The van der Waals surface area contributed by atoms with Crippen molar-refractivity contribution in [3.63, 3.8) is 0 Å². The summed E-state index contributed by atoms with van der Waals surface area (Å²) in [6, 6.07) is 23.4. The highest BCUT2D eigenvalue weighted by Gasteiger charge is 2.36. The first kappa shape index (κ1) is 23.8. The summed E-state index contributed by atoms with van der Waals surface area (Å²) in [6.45, 7) is 8.68. The van der Waals surface area contributed by atoms with Crippen molar-refractivity contribution in [3.8, 4) is 16.9 Å². The smallest absolute Gasteiger partial charge is 0.261 e. The van der Waals surface area contributed by atoms with E-state index in [-0.39, 0.29) is 23.5 Å². The van der Waals surface area contributed by atoms with E-state index in [4.69, 9.17) is 4.74 Å². The number of fused-ring (bicyclic) bond motifs is 1. The highest BCUT2D eigenvalue weighted by Crippen LogP contribution is 2.45. The van der Waals surface area contributed by atoms with Crippen LogP contribution < -0.4 is 14.8 Å². The Labute approximate surface area is 213 Å². The molecule has 5 rings (SSSR count). The summed E-state index contributed by atoms with van der Waals surface area (Å²) >= 11 is 1.56. The molecule has 1 amide bonds. The number of hydrogen-bond acceptors (Lipinski definition) is 4. The van der Waals surface area contributed by atoms with Crippen molar-refractivity contribution >= 4 is 23.5 Å². The van der Waals surface area contributed by atoms with Crippen molar-refractivity contribution in [2.24, 2.45) is 5.41 Å². The quantitative estimate of drug-likeness (QED) is 0.341. The summed E-state index contributed by atoms with van der Waals surface area (Å²) in [5, 5.41) is 4.38. The minimum Gasteiger partial charge on any atom is -0.491 e. The largest absolute Gasteiger partial charge is 0.491 e. The standard InChI is InChI=1S/C30H34N2O2S/c1-19(2)34-25-11-8-20(9-12-25)21-6-5-7-22(16-21)28-30(3,4)18-24-17-23(10-15-27(24)31-28)29(33)32-35-26-13-14-26/h5-12,15-17,19,26,28,31H,13-14,18H2,1-4H3,(H,32,33). The predicted molar refractivity (Wildman–Crippen MR) is 146 cm³/mol. The predicted octanol–water partition coefficient (Wildman–Crippen LogP) is 7.42. The Morgan fingerprint density at radius 3 is 2.51 bits per heavy atom. The molecule has 0 spiro atoms. The molecule has 3 aromatic carbocycles. The second-order valence-corrected chi connectivity index (χ2v) is 11.8. The summed E-state index contributed by atoms with van der Waals surface area (Å²) in [4.78, 5) is 12.6. The Morgan fingerprint density at radius 2 is 1.80 bits per heavy atom. The summed E-state index contributed by atoms with van der Waals surface area (Å²) in [5.74, 6) is 0.896. The summed E-state index contributed by atoms with van der Waals surface area (Å²) < 4.78 is 8.80. The van der Waals surface area contributed by atoms with Crippen molar-refractivity contribution in [1.82, 2.24) is 4.72 Å². The molecule has 0 aromatic heterocycles. The van der Waals surface area contributed by atoms with Crippen LogP contribution in [-0.4, -0.2) is 17.3 Å². The Kier molecular flexibility index (Phi) is 6.54. The maximum absolute atomic E-state index is 12.6. The van der Waals surface area contributed by atoms with E-state index >= 15 is 0 Å². The average molecular weight is 487 g/mol. The van der Waals surface area contributed by atoms with Gasteiger partial charge in [-0.1, -0.05) is 44.2 Å². The van der Waals surface area contributed by atoms with E-state index in [0.29, 0.717) is 5.25 Å². The van der Waals surface area contributed by atoms with Gasteiger partial charge in [-0.15, -0.1) is 0 Å². The van der Waals surface area contributed by atoms with Crippen molar-refractivity contribution in [2.45, 2.75) is 64.4 Å². The molecular formula is C30H34N2O2S. The van der Waals surface area contributed by atoms with Crippen molar-refractivity contribution < 1.29 is 9.53 Å². The van der Waals surface area contributed by atoms with Gasteiger partial charge in [0, 0.05) is 16.5 Å². The van der Waals surface area contributed by atoms with Crippen LogP contribution in [0, 0.1) is 5.41 Å². The molecule has 1 aliphatic carbocycles. The van der Waals surface area contributed by atoms with E-state index < -0.39 is 0 Å². The van der Waals surface area contributed by atoms with E-state index in [1.807, 2.05) is 32.0 Å². The van der Waals surface area contributed by atoms with Gasteiger partial charge in [-0.05, 0) is 109 Å². The lowest BCUT2D eigenvalue weighted by molar-refractivity contribution is 0.0984. The zero-order valence-corrected chi connectivity index (χ0v) is 21.7. The fraction of sp³-hybridized carbons (Fsp3) is 0.367. The van der Waals surface area contributed by atoms with E-state index in [9.17, 15) is 4.79 Å². The maximum atomic E-state index is 12.6. The van der Waals surface area contributed by atoms with Crippen molar-refractivity contribution in [3.05, 3.63) is 83.4 Å². The molecule has 1 heterocycles. The third-order valence-electron chi connectivity index (χ3n) is 6.72. The summed E-state index contributed by atoms with van der Waals surface area (Å²) in [6.07, 6.45) is 3.47. The number of carbonyl (C=O) groups excluding carboxylic acids is 1. The van der Waals surface area contributed by atoms with Gasteiger partial charge in [0.05, 0.1) is 12.1 Å². The minimum absolute atomic E-state index is 0.00198. The third-order valence-corrected chi connectivity index (χ3v) is 7.82. The van der Waals surface area contributed by atoms with Crippen molar-refractivity contribution in [1.29, 1.82) is 0 Å². The number of ether oxygens (including phenoxy) is 1. The Hall–Kier alpha value is -2.92. The highest BCUT2D eigenvalue weighted by atomic mass is 32.2. The number of carbonyl (C=O) groups is 1. The van der Waals surface area contributed by atoms with E-state index in [1.165, 1.54) is 35.1 Å². The molecule has 2 N–H and O–H groups in total. The molecule has 1 saturated carbocycles. The van der Waals surface area contributed by atoms with Crippen LogP contribution in [0.1, 0.15) is 68.1 Å². The van der Waals surface area contributed by atoms with Crippen LogP contribution in [0.5, 0.6) is 5.75 Å². The van der Waals surface area contributed by atoms with Crippen LogP contribution >= 0.6 is 11.9 Å². The topological polar surface area (TPSA) is 50.4 Å². The Morgan fingerprint density at radius 1 is 1.03 bits per heavy atom. The molecule has 1 atom stereocenters. The molecule has 2 aliphatic rings. The molecule has 182 valence electrons. The van der Waals surface area contributed by atoms with Crippen LogP contribution in [0.15, 0.2) is 66.7 Å². The average Bonchev–Trinajstić information content (AvgIpc) is 3.66. The minimum atomic E-state index is -0.0154. The van der Waals surface area contributed by atoms with Crippen LogP contribution in [0.25, 0.3) is 11.1 Å². The van der Waals surface area contributed by atoms with Gasteiger partial charge in [-0.2, -0.15) is 0 Å². The van der Waals surface area contributed by atoms with Gasteiger partial charge >= 0.3 is 0 Å². The SMILES string of the molecule is CC(C)Oc1ccc(-c2cccc(C3Nc4ccc(C(=O)NSC5CC5)cc4CC3(C)C)c2)cc1. The number of nitrogens with one attached hydrogen (secondary N) is 2. The van der Waals surface area contributed by atoms with E-state index in [2.05, 4.69) is 72.4 Å². The van der Waals surface area contributed by atoms with Crippen LogP contribution in [-0.2, 0) is 6.42 Å². The second-order valence-electron chi connectivity index (χ2n) is 10.7. The molecule has 0 saturated heterocycles. The normalized spacial score (nSPS) is 18.5. The zero-order chi connectivity index (χ0) is 24.6. The Bertz CT molecular complexity index is 1220. The van der Waals surface area contributed by atoms with Gasteiger partial charge in [-0.3, -0.25) is 9.52 Å². The fourth-order valence-corrected chi connectivity index (χ4v) is 5.54. The highest BCUT2D eigenvalue weighted by molar-refractivity contribution is 7.98. The molecule has 35 heavy (non-hydrogen) atoms. The van der Waals surface area contributed by atoms with Crippen LogP contribution in [0.4, 0.5) is 5.69 Å². The molecular weight excluding hydrogens is 452 g/mol. The first-order valence-corrected chi connectivity index (χ1v) is 13.4. The lowest BCUT2D eigenvalue weighted by Crippen LogP contribution is -2.35. The van der Waals surface area contributed by atoms with Crippen LogP contribution in [0.3, 0.4) is 0 Å². The van der Waals surface area contributed by atoms with Gasteiger partial charge in [0.25, 0.3) is 5.91 Å². The summed E-state index contributed by atoms with van der Waals surface area (Å²) in [5.41, 5.74) is 6.67. The maximum Gasteiger partial charge on any atom is 0.261 e. The lowest BCUT2D eigenvalue weighted by atomic mass is 9.72. The molecule has 1 fully saturated rings. The number of benzene rings is 3. The summed E-state index contributed by atoms with van der Waals surface area (Å²) in [7, 11) is 0. The molecule has 1 unspecified atom stereocenters. The first-order valence-electron chi connectivity index (χ1n) is 12.5. The van der Waals surface area contributed by atoms with Gasteiger partial charge in [0.2, 0.25) is 0 Å². The number of anilines is 1. The van der Waals surface area contributed by atoms with E-state index in [0.717, 1.165) is 23.4 Å². The fourth-order valence-electron chi connectivity index (χ4n) is 4.78. The molecule has 3 aromatic rings. The van der Waals surface area contributed by atoms with E-state index in [1.54, 1.807) is 11.9 Å². The zero-order valence-electron chi connectivity index (χ0n) is 20.9. The number of amides is 1. The van der Waals surface area contributed by atoms with Gasteiger partial charge in [0.1, 0.15) is 5.75 Å². The van der Waals surface area contributed by atoms with Gasteiger partial charge < -0.3 is 10.1 Å². The van der Waals surface area contributed by atoms with Crippen LogP contribution in [0.2, 0.25) is 0 Å². The van der Waals surface area contributed by atoms with Gasteiger partial charge in [-0.25, -0.2) is 0 Å². The second kappa shape index (κ2) is 9.62. The Balaban J connectivity index is 1.36. The molecule has 1 aliphatic heterocycles. The lowest BCUT2D eigenvalue weighted by Gasteiger charge is -2.41. The number of hydrogen-bond donors (Lipinski definition) is 2. The molecule has 0 bridgehead atoms. The van der Waals surface area contributed by atoms with Crippen molar-refractivity contribution in [2.75, 3.05) is 5.32 Å². The first-order chi connectivity index (χ1) is 16.8.